The van der Waals surface area contributed by atoms with Gasteiger partial charge in [-0.3, -0.25) is 9.48 Å². The minimum absolute atomic E-state index is 0.0315. The Hall–Kier alpha value is -1.10. The van der Waals surface area contributed by atoms with Crippen LogP contribution in [-0.2, 0) is 6.54 Å². The quantitative estimate of drug-likeness (QED) is 0.572. The second kappa shape index (κ2) is 3.34. The third-order valence-electron chi connectivity index (χ3n) is 1.48. The molecule has 1 aromatic rings. The molecule has 0 atom stereocenters. The van der Waals surface area contributed by atoms with Crippen molar-refractivity contribution in [1.82, 2.24) is 14.8 Å². The maximum Gasteiger partial charge on any atom is 0.261 e. The summed E-state index contributed by atoms with van der Waals surface area (Å²) >= 11 is 0. The molecule has 0 radical (unpaired) electrons. The zero-order chi connectivity index (χ0) is 8.27. The van der Waals surface area contributed by atoms with Crippen molar-refractivity contribution < 1.29 is 4.79 Å². The molecular formula is C6H11N3OSi. The summed E-state index contributed by atoms with van der Waals surface area (Å²) in [6, 6.07) is 1.72. The first-order valence-corrected chi connectivity index (χ1v) is 4.53. The van der Waals surface area contributed by atoms with Crippen LogP contribution in [-0.4, -0.2) is 26.1 Å². The van der Waals surface area contributed by atoms with Crippen molar-refractivity contribution in [1.29, 1.82) is 0 Å². The van der Waals surface area contributed by atoms with Gasteiger partial charge in [0.25, 0.3) is 5.91 Å². The van der Waals surface area contributed by atoms with Crippen molar-refractivity contribution in [3.63, 3.8) is 0 Å². The van der Waals surface area contributed by atoms with Crippen LogP contribution in [0.5, 0.6) is 0 Å². The molecule has 0 bridgehead atoms. The Morgan fingerprint density at radius 2 is 2.64 bits per heavy atom. The van der Waals surface area contributed by atoms with Gasteiger partial charge in [-0.2, -0.15) is 5.10 Å². The second-order valence-corrected chi connectivity index (χ2v) is 2.61. The van der Waals surface area contributed by atoms with E-state index in [1.807, 2.05) is 6.92 Å². The van der Waals surface area contributed by atoms with Crippen LogP contribution in [0.2, 0.25) is 0 Å². The van der Waals surface area contributed by atoms with Gasteiger partial charge in [-0.15, -0.1) is 0 Å². The van der Waals surface area contributed by atoms with Crippen LogP contribution in [0.15, 0.2) is 12.3 Å². The molecule has 0 spiro atoms. The number of nitrogens with zero attached hydrogens (tertiary/aromatic N) is 2. The third-order valence-corrected chi connectivity index (χ3v) is 1.93. The normalized spacial score (nSPS) is 9.91. The number of hydrogen-bond donors (Lipinski definition) is 1. The first kappa shape index (κ1) is 8.00. The molecule has 0 fully saturated rings. The van der Waals surface area contributed by atoms with E-state index in [9.17, 15) is 4.79 Å². The van der Waals surface area contributed by atoms with Crippen LogP contribution in [0.4, 0.5) is 0 Å². The van der Waals surface area contributed by atoms with Crippen molar-refractivity contribution in [2.24, 2.45) is 0 Å². The van der Waals surface area contributed by atoms with Crippen molar-refractivity contribution in [3.8, 4) is 0 Å². The lowest BCUT2D eigenvalue weighted by Crippen LogP contribution is -2.23. The summed E-state index contributed by atoms with van der Waals surface area (Å²) in [5, 5.41) is 3.97. The summed E-state index contributed by atoms with van der Waals surface area (Å²) in [6.07, 6.45) is 1.63. The number of nitrogens with one attached hydrogen (secondary N) is 1. The van der Waals surface area contributed by atoms with Gasteiger partial charge in [-0.25, -0.2) is 0 Å². The minimum Gasteiger partial charge on any atom is -0.385 e. The molecule has 0 unspecified atom stereocenters. The van der Waals surface area contributed by atoms with E-state index >= 15 is 0 Å². The summed E-state index contributed by atoms with van der Waals surface area (Å²) in [5.41, 5.74) is 0.641. The zero-order valence-electron chi connectivity index (χ0n) is 6.66. The molecule has 0 aliphatic carbocycles. The molecule has 0 saturated heterocycles. The lowest BCUT2D eigenvalue weighted by atomic mass is 10.4. The van der Waals surface area contributed by atoms with Crippen molar-refractivity contribution in [2.75, 3.05) is 0 Å². The van der Waals surface area contributed by atoms with Gasteiger partial charge < -0.3 is 4.98 Å². The van der Waals surface area contributed by atoms with Crippen molar-refractivity contribution in [3.05, 3.63) is 18.0 Å². The fraction of sp³-hybridized carbons (Fsp3) is 0.333. The maximum atomic E-state index is 11.1. The Kier molecular flexibility index (Phi) is 2.43. The summed E-state index contributed by atoms with van der Waals surface area (Å²) in [7, 11) is 0.679. The van der Waals surface area contributed by atoms with Crippen LogP contribution >= 0.6 is 0 Å². The number of rotatable bonds is 2. The number of amides is 1. The minimum atomic E-state index is -0.0315. The van der Waals surface area contributed by atoms with Crippen LogP contribution in [0.1, 0.15) is 17.4 Å². The predicted molar refractivity (Wildman–Crippen MR) is 45.3 cm³/mol. The number of aromatic nitrogens is 2. The Balaban J connectivity index is 2.92. The van der Waals surface area contributed by atoms with Gasteiger partial charge in [0, 0.05) is 12.7 Å². The third kappa shape index (κ3) is 1.48. The molecule has 5 heteroatoms. The average Bonchev–Trinajstić information content (AvgIpc) is 2.50. The fourth-order valence-corrected chi connectivity index (χ4v) is 1.16. The zero-order valence-corrected chi connectivity index (χ0v) is 8.66. The standard InChI is InChI=1S/C6H11N3OSi/c1-2-9-5(3-4-7-9)6(10)8-11/h3-4H,2H2,1,11H3,(H,8,10). The van der Waals surface area contributed by atoms with Crippen LogP contribution in [0.25, 0.3) is 0 Å². The highest BCUT2D eigenvalue weighted by atomic mass is 28.2. The van der Waals surface area contributed by atoms with E-state index in [-0.39, 0.29) is 5.91 Å². The first-order chi connectivity index (χ1) is 5.29. The van der Waals surface area contributed by atoms with Crippen LogP contribution < -0.4 is 4.98 Å². The highest BCUT2D eigenvalue weighted by molar-refractivity contribution is 6.17. The van der Waals surface area contributed by atoms with Gasteiger partial charge in [0.2, 0.25) is 0 Å². The second-order valence-electron chi connectivity index (χ2n) is 2.11. The van der Waals surface area contributed by atoms with Crippen LogP contribution in [0, 0.1) is 0 Å². The first-order valence-electron chi connectivity index (χ1n) is 3.53. The number of carbonyl (C=O) groups is 1. The molecule has 1 heterocycles. The van der Waals surface area contributed by atoms with Gasteiger partial charge in [0.05, 0.1) is 0 Å². The number of carbonyl (C=O) groups excluding carboxylic acids is 1. The molecule has 0 aliphatic rings. The maximum absolute atomic E-state index is 11.1. The van der Waals surface area contributed by atoms with E-state index in [2.05, 4.69) is 10.1 Å². The van der Waals surface area contributed by atoms with E-state index in [1.54, 1.807) is 16.9 Å². The lowest BCUT2D eigenvalue weighted by molar-refractivity contribution is 0.0971. The molecule has 1 rings (SSSR count). The molecule has 60 valence electrons. The summed E-state index contributed by atoms with van der Waals surface area (Å²) < 4.78 is 1.67. The molecule has 1 aromatic heterocycles. The Morgan fingerprint density at radius 1 is 1.91 bits per heavy atom. The monoisotopic (exact) mass is 169 g/mol. The van der Waals surface area contributed by atoms with E-state index < -0.39 is 0 Å². The van der Waals surface area contributed by atoms with E-state index in [4.69, 9.17) is 0 Å². The van der Waals surface area contributed by atoms with E-state index in [1.165, 1.54) is 0 Å². The number of aryl methyl sites for hydroxylation is 1. The van der Waals surface area contributed by atoms with E-state index in [0.717, 1.165) is 6.54 Å². The summed E-state index contributed by atoms with van der Waals surface area (Å²) in [4.78, 5) is 13.8. The topological polar surface area (TPSA) is 46.9 Å². The molecule has 4 nitrogen and oxygen atoms in total. The van der Waals surface area contributed by atoms with Gasteiger partial charge >= 0.3 is 0 Å². The molecule has 0 aromatic carbocycles. The van der Waals surface area contributed by atoms with Crippen LogP contribution in [0.3, 0.4) is 0 Å². The highest BCUT2D eigenvalue weighted by Crippen LogP contribution is 1.96. The smallest absolute Gasteiger partial charge is 0.261 e. The van der Waals surface area contributed by atoms with Gasteiger partial charge in [-0.05, 0) is 13.0 Å². The summed E-state index contributed by atoms with van der Waals surface area (Å²) in [5.74, 6) is -0.0315. The molecule has 11 heavy (non-hydrogen) atoms. The largest absolute Gasteiger partial charge is 0.385 e. The van der Waals surface area contributed by atoms with E-state index in [0.29, 0.717) is 16.1 Å². The highest BCUT2D eigenvalue weighted by Gasteiger charge is 2.06. The number of hydrogen-bond acceptors (Lipinski definition) is 2. The predicted octanol–water partition coefficient (Wildman–Crippen LogP) is -1.09. The lowest BCUT2D eigenvalue weighted by Gasteiger charge is -2.01. The Morgan fingerprint density at radius 3 is 3.18 bits per heavy atom. The van der Waals surface area contributed by atoms with Gasteiger partial charge in [0.15, 0.2) is 0 Å². The molecule has 1 amide bonds. The molecule has 0 saturated carbocycles. The molecule has 1 N–H and O–H groups in total. The SMILES string of the molecule is CCn1nccc1C(=O)N[SiH3]. The van der Waals surface area contributed by atoms with Gasteiger partial charge in [-0.1, -0.05) is 0 Å². The fourth-order valence-electron chi connectivity index (χ4n) is 0.906. The Bertz CT molecular complexity index is 258. The summed E-state index contributed by atoms with van der Waals surface area (Å²) in [6.45, 7) is 2.69. The molecular weight excluding hydrogens is 158 g/mol. The Labute approximate surface area is 68.1 Å². The molecule has 0 aliphatic heterocycles. The average molecular weight is 169 g/mol. The van der Waals surface area contributed by atoms with Crippen molar-refractivity contribution in [2.45, 2.75) is 13.5 Å². The van der Waals surface area contributed by atoms with Gasteiger partial charge in [0.1, 0.15) is 16.1 Å². The van der Waals surface area contributed by atoms with Crippen molar-refractivity contribution >= 4 is 16.3 Å².